The topological polar surface area (TPSA) is 64.2 Å². The fourth-order valence-electron chi connectivity index (χ4n) is 1.39. The van der Waals surface area contributed by atoms with E-state index in [2.05, 4.69) is 5.10 Å². The number of amides is 1. The van der Waals surface area contributed by atoms with Crippen molar-refractivity contribution in [3.8, 4) is 0 Å². The molecule has 2 aromatic rings. The molecule has 78 valence electrons. The minimum Gasteiger partial charge on any atom is -0.383 e. The molecule has 1 aromatic heterocycles. The average molecular weight is 204 g/mol. The van der Waals surface area contributed by atoms with E-state index >= 15 is 0 Å². The number of rotatable bonds is 0. The third-order valence-corrected chi connectivity index (χ3v) is 2.18. The standard InChI is InChI=1S/C10H12N4O/c1-13(2)10(15)14-9(11)7-5-3-4-6-8(7)12-14/h3-6H,11H2,1-2H3. The molecule has 0 unspecified atom stereocenters. The Morgan fingerprint density at radius 3 is 2.67 bits per heavy atom. The molecular weight excluding hydrogens is 192 g/mol. The van der Waals surface area contributed by atoms with Gasteiger partial charge in [0.1, 0.15) is 5.82 Å². The van der Waals surface area contributed by atoms with E-state index in [0.717, 1.165) is 10.9 Å². The number of carbonyl (C=O) groups is 1. The minimum absolute atomic E-state index is 0.247. The normalized spacial score (nSPS) is 10.5. The summed E-state index contributed by atoms with van der Waals surface area (Å²) >= 11 is 0. The number of nitrogens with zero attached hydrogens (tertiary/aromatic N) is 3. The van der Waals surface area contributed by atoms with Crippen molar-refractivity contribution in [2.75, 3.05) is 19.8 Å². The van der Waals surface area contributed by atoms with Crippen LogP contribution in [0.3, 0.4) is 0 Å². The van der Waals surface area contributed by atoms with Gasteiger partial charge in [-0.2, -0.15) is 9.78 Å². The first-order chi connectivity index (χ1) is 7.11. The molecule has 1 aromatic carbocycles. The summed E-state index contributed by atoms with van der Waals surface area (Å²) in [4.78, 5) is 13.1. The predicted molar refractivity (Wildman–Crippen MR) is 58.6 cm³/mol. The van der Waals surface area contributed by atoms with Crippen LogP contribution in [-0.4, -0.2) is 34.8 Å². The van der Waals surface area contributed by atoms with Crippen LogP contribution in [-0.2, 0) is 0 Å². The number of aromatic nitrogens is 2. The van der Waals surface area contributed by atoms with E-state index in [1.165, 1.54) is 9.58 Å². The first-order valence-electron chi connectivity index (χ1n) is 4.56. The number of carbonyl (C=O) groups excluding carboxylic acids is 1. The van der Waals surface area contributed by atoms with Gasteiger partial charge in [-0.1, -0.05) is 12.1 Å². The maximum Gasteiger partial charge on any atom is 0.346 e. The van der Waals surface area contributed by atoms with Crippen molar-refractivity contribution < 1.29 is 4.79 Å². The van der Waals surface area contributed by atoms with Crippen molar-refractivity contribution in [3.63, 3.8) is 0 Å². The largest absolute Gasteiger partial charge is 0.383 e. The molecule has 0 saturated heterocycles. The van der Waals surface area contributed by atoms with E-state index in [1.54, 1.807) is 14.1 Å². The fraction of sp³-hybridized carbons (Fsp3) is 0.200. The number of fused-ring (bicyclic) bond motifs is 1. The van der Waals surface area contributed by atoms with Gasteiger partial charge in [0.15, 0.2) is 0 Å². The Balaban J connectivity index is 2.63. The lowest BCUT2D eigenvalue weighted by Gasteiger charge is -2.10. The lowest BCUT2D eigenvalue weighted by atomic mass is 10.2. The van der Waals surface area contributed by atoms with Crippen molar-refractivity contribution in [1.29, 1.82) is 0 Å². The Bertz CT molecular complexity index is 515. The van der Waals surface area contributed by atoms with Gasteiger partial charge in [0.05, 0.1) is 5.52 Å². The number of nitrogen functional groups attached to an aromatic ring is 1. The van der Waals surface area contributed by atoms with Crippen LogP contribution in [0.15, 0.2) is 24.3 Å². The van der Waals surface area contributed by atoms with Gasteiger partial charge >= 0.3 is 6.03 Å². The molecular formula is C10H12N4O. The van der Waals surface area contributed by atoms with Crippen LogP contribution in [0.25, 0.3) is 10.9 Å². The average Bonchev–Trinajstić information content (AvgIpc) is 2.56. The quantitative estimate of drug-likeness (QED) is 0.700. The number of benzene rings is 1. The third-order valence-electron chi connectivity index (χ3n) is 2.18. The molecule has 0 radical (unpaired) electrons. The zero-order chi connectivity index (χ0) is 11.0. The Kier molecular flexibility index (Phi) is 2.07. The molecule has 0 aliphatic heterocycles. The smallest absolute Gasteiger partial charge is 0.346 e. The van der Waals surface area contributed by atoms with Crippen LogP contribution in [0.2, 0.25) is 0 Å². The van der Waals surface area contributed by atoms with Gasteiger partial charge in [-0.25, -0.2) is 4.79 Å². The van der Waals surface area contributed by atoms with Gasteiger partial charge in [-0.15, -0.1) is 0 Å². The number of hydrogen-bond acceptors (Lipinski definition) is 3. The molecule has 0 saturated carbocycles. The zero-order valence-corrected chi connectivity index (χ0v) is 8.64. The maximum atomic E-state index is 11.7. The van der Waals surface area contributed by atoms with Crippen molar-refractivity contribution in [2.24, 2.45) is 0 Å². The first-order valence-corrected chi connectivity index (χ1v) is 4.56. The van der Waals surface area contributed by atoms with Gasteiger partial charge in [0, 0.05) is 19.5 Å². The van der Waals surface area contributed by atoms with Crippen LogP contribution in [0, 0.1) is 0 Å². The summed E-state index contributed by atoms with van der Waals surface area (Å²) in [6.45, 7) is 0. The van der Waals surface area contributed by atoms with E-state index in [9.17, 15) is 4.79 Å². The summed E-state index contributed by atoms with van der Waals surface area (Å²) in [6.07, 6.45) is 0. The van der Waals surface area contributed by atoms with Gasteiger partial charge < -0.3 is 10.6 Å². The van der Waals surface area contributed by atoms with Crippen molar-refractivity contribution in [3.05, 3.63) is 24.3 Å². The Morgan fingerprint density at radius 2 is 2.07 bits per heavy atom. The van der Waals surface area contributed by atoms with Gasteiger partial charge in [-0.3, -0.25) is 0 Å². The van der Waals surface area contributed by atoms with E-state index in [0.29, 0.717) is 5.82 Å². The zero-order valence-electron chi connectivity index (χ0n) is 8.64. The number of hydrogen-bond donors (Lipinski definition) is 1. The molecule has 0 aliphatic rings. The highest BCUT2D eigenvalue weighted by molar-refractivity contribution is 5.94. The Labute approximate surface area is 87.1 Å². The highest BCUT2D eigenvalue weighted by Gasteiger charge is 2.14. The summed E-state index contributed by atoms with van der Waals surface area (Å²) in [6, 6.07) is 7.15. The molecule has 15 heavy (non-hydrogen) atoms. The molecule has 2 N–H and O–H groups in total. The lowest BCUT2D eigenvalue weighted by molar-refractivity contribution is 0.216. The molecule has 0 bridgehead atoms. The summed E-state index contributed by atoms with van der Waals surface area (Å²) in [7, 11) is 3.32. The van der Waals surface area contributed by atoms with Crippen LogP contribution >= 0.6 is 0 Å². The summed E-state index contributed by atoms with van der Waals surface area (Å²) < 4.78 is 1.21. The highest BCUT2D eigenvalue weighted by Crippen LogP contribution is 2.19. The molecule has 1 amide bonds. The molecule has 2 rings (SSSR count). The molecule has 0 spiro atoms. The molecule has 5 heteroatoms. The van der Waals surface area contributed by atoms with Gasteiger partial charge in [0.2, 0.25) is 0 Å². The van der Waals surface area contributed by atoms with Crippen LogP contribution < -0.4 is 5.73 Å². The molecule has 0 aliphatic carbocycles. The molecule has 5 nitrogen and oxygen atoms in total. The molecule has 0 fully saturated rings. The van der Waals surface area contributed by atoms with Gasteiger partial charge in [-0.05, 0) is 12.1 Å². The monoisotopic (exact) mass is 204 g/mol. The second kappa shape index (κ2) is 3.27. The SMILES string of the molecule is CN(C)C(=O)n1nc2ccccc2c1N. The van der Waals surface area contributed by atoms with Crippen LogP contribution in [0.1, 0.15) is 0 Å². The van der Waals surface area contributed by atoms with Crippen molar-refractivity contribution in [2.45, 2.75) is 0 Å². The second-order valence-corrected chi connectivity index (χ2v) is 3.49. The van der Waals surface area contributed by atoms with Gasteiger partial charge in [0.25, 0.3) is 0 Å². The summed E-state index contributed by atoms with van der Waals surface area (Å²) in [5, 5.41) is 4.93. The van der Waals surface area contributed by atoms with Crippen molar-refractivity contribution >= 4 is 22.8 Å². The van der Waals surface area contributed by atoms with E-state index in [4.69, 9.17) is 5.73 Å². The number of nitrogens with two attached hydrogens (primary N) is 1. The van der Waals surface area contributed by atoms with Crippen molar-refractivity contribution in [1.82, 2.24) is 14.7 Å². The molecule has 1 heterocycles. The fourth-order valence-corrected chi connectivity index (χ4v) is 1.39. The third kappa shape index (κ3) is 1.41. The summed E-state index contributed by atoms with van der Waals surface area (Å²) in [5.41, 5.74) is 6.56. The molecule has 0 atom stereocenters. The second-order valence-electron chi connectivity index (χ2n) is 3.49. The van der Waals surface area contributed by atoms with E-state index < -0.39 is 0 Å². The predicted octanol–water partition coefficient (Wildman–Crippen LogP) is 1.15. The minimum atomic E-state index is -0.247. The lowest BCUT2D eigenvalue weighted by Crippen LogP contribution is -2.29. The highest BCUT2D eigenvalue weighted by atomic mass is 16.2. The van der Waals surface area contributed by atoms with Crippen LogP contribution in [0.5, 0.6) is 0 Å². The van der Waals surface area contributed by atoms with E-state index in [-0.39, 0.29) is 6.03 Å². The summed E-state index contributed by atoms with van der Waals surface area (Å²) in [5.74, 6) is 0.379. The Morgan fingerprint density at radius 1 is 1.40 bits per heavy atom. The first kappa shape index (κ1) is 9.51. The van der Waals surface area contributed by atoms with Crippen LogP contribution in [0.4, 0.5) is 10.6 Å². The Hall–Kier alpha value is -2.04. The number of anilines is 1. The van der Waals surface area contributed by atoms with E-state index in [1.807, 2.05) is 24.3 Å². The maximum absolute atomic E-state index is 11.7.